The number of carbonyl (C=O) groups is 2. The van der Waals surface area contributed by atoms with Gasteiger partial charge in [-0.1, -0.05) is 0 Å². The molecule has 0 unspecified atom stereocenters. The molecule has 5 nitrogen and oxygen atoms in total. The van der Waals surface area contributed by atoms with Crippen LogP contribution in [0.1, 0.15) is 11.5 Å². The second-order valence-corrected chi connectivity index (χ2v) is 2.56. The zero-order chi connectivity index (χ0) is 9.84. The second-order valence-electron chi connectivity index (χ2n) is 2.56. The van der Waals surface area contributed by atoms with Crippen LogP contribution in [-0.4, -0.2) is 11.8 Å². The summed E-state index contributed by atoms with van der Waals surface area (Å²) in [5.41, 5.74) is 4.72. The number of aryl methyl sites for hydroxylation is 1. The van der Waals surface area contributed by atoms with E-state index in [1.54, 1.807) is 19.1 Å². The van der Waals surface area contributed by atoms with Gasteiger partial charge in [0.25, 0.3) is 0 Å². The molecule has 0 aliphatic rings. The normalized spacial score (nSPS) is 9.62. The molecule has 1 aromatic rings. The van der Waals surface area contributed by atoms with Gasteiger partial charge in [0.15, 0.2) is 0 Å². The van der Waals surface area contributed by atoms with Gasteiger partial charge in [-0.25, -0.2) is 0 Å². The van der Waals surface area contributed by atoms with Gasteiger partial charge in [-0.05, 0) is 19.1 Å². The molecule has 13 heavy (non-hydrogen) atoms. The Kier molecular flexibility index (Phi) is 2.69. The Morgan fingerprint density at radius 1 is 1.54 bits per heavy atom. The van der Waals surface area contributed by atoms with Crippen molar-refractivity contribution >= 4 is 11.8 Å². The lowest BCUT2D eigenvalue weighted by atomic mass is 10.4. The summed E-state index contributed by atoms with van der Waals surface area (Å²) in [7, 11) is 0. The number of primary amides is 1. The van der Waals surface area contributed by atoms with Gasteiger partial charge in [-0.15, -0.1) is 0 Å². The van der Waals surface area contributed by atoms with E-state index < -0.39 is 11.8 Å². The monoisotopic (exact) mass is 182 g/mol. The van der Waals surface area contributed by atoms with Gasteiger partial charge in [-0.3, -0.25) is 9.59 Å². The highest BCUT2D eigenvalue weighted by Crippen LogP contribution is 2.04. The molecule has 70 valence electrons. The summed E-state index contributed by atoms with van der Waals surface area (Å²) >= 11 is 0. The molecule has 0 aromatic carbocycles. The maximum absolute atomic E-state index is 10.7. The van der Waals surface area contributed by atoms with Crippen LogP contribution in [0.3, 0.4) is 0 Å². The molecule has 0 saturated carbocycles. The third-order valence-corrected chi connectivity index (χ3v) is 1.44. The van der Waals surface area contributed by atoms with E-state index in [1.807, 2.05) is 0 Å². The Morgan fingerprint density at radius 3 is 2.69 bits per heavy atom. The molecule has 0 aliphatic heterocycles. The SMILES string of the molecule is Cc1ccc(CNC(=O)C(N)=O)o1. The number of rotatable bonds is 2. The average Bonchev–Trinajstić information content (AvgIpc) is 2.47. The summed E-state index contributed by atoms with van der Waals surface area (Å²) in [6, 6.07) is 3.49. The van der Waals surface area contributed by atoms with Gasteiger partial charge in [-0.2, -0.15) is 0 Å². The molecule has 0 radical (unpaired) electrons. The van der Waals surface area contributed by atoms with Crippen molar-refractivity contribution in [3.63, 3.8) is 0 Å². The van der Waals surface area contributed by atoms with Gasteiger partial charge in [0, 0.05) is 0 Å². The molecule has 0 saturated heterocycles. The second kappa shape index (κ2) is 3.75. The lowest BCUT2D eigenvalue weighted by Crippen LogP contribution is -2.35. The summed E-state index contributed by atoms with van der Waals surface area (Å²) < 4.78 is 5.15. The number of nitrogens with one attached hydrogen (secondary N) is 1. The molecule has 3 N–H and O–H groups in total. The Balaban J connectivity index is 2.44. The summed E-state index contributed by atoms with van der Waals surface area (Å²) in [6.07, 6.45) is 0. The molecule has 1 rings (SSSR count). The van der Waals surface area contributed by atoms with Gasteiger partial charge in [0.05, 0.1) is 6.54 Å². The van der Waals surface area contributed by atoms with Crippen molar-refractivity contribution in [3.05, 3.63) is 23.7 Å². The summed E-state index contributed by atoms with van der Waals surface area (Å²) in [5, 5.41) is 2.30. The van der Waals surface area contributed by atoms with Crippen molar-refractivity contribution in [2.24, 2.45) is 5.73 Å². The van der Waals surface area contributed by atoms with Crippen LogP contribution in [0.25, 0.3) is 0 Å². The fraction of sp³-hybridized carbons (Fsp3) is 0.250. The largest absolute Gasteiger partial charge is 0.465 e. The van der Waals surface area contributed by atoms with Crippen molar-refractivity contribution in [1.29, 1.82) is 0 Å². The van der Waals surface area contributed by atoms with E-state index in [0.29, 0.717) is 5.76 Å². The van der Waals surface area contributed by atoms with E-state index in [2.05, 4.69) is 5.32 Å². The number of nitrogens with two attached hydrogens (primary N) is 1. The smallest absolute Gasteiger partial charge is 0.309 e. The van der Waals surface area contributed by atoms with Gasteiger partial charge in [0.1, 0.15) is 11.5 Å². The Labute approximate surface area is 74.9 Å². The highest BCUT2D eigenvalue weighted by atomic mass is 16.3. The van der Waals surface area contributed by atoms with E-state index in [1.165, 1.54) is 0 Å². The van der Waals surface area contributed by atoms with Crippen LogP contribution in [0.2, 0.25) is 0 Å². The van der Waals surface area contributed by atoms with Crippen molar-refractivity contribution in [2.75, 3.05) is 0 Å². The Bertz CT molecular complexity index is 330. The lowest BCUT2D eigenvalue weighted by Gasteiger charge is -1.98. The fourth-order valence-corrected chi connectivity index (χ4v) is 0.835. The highest BCUT2D eigenvalue weighted by molar-refractivity contribution is 6.34. The van der Waals surface area contributed by atoms with Crippen molar-refractivity contribution in [2.45, 2.75) is 13.5 Å². The van der Waals surface area contributed by atoms with Gasteiger partial charge in [0.2, 0.25) is 0 Å². The standard InChI is InChI=1S/C8H10N2O3/c1-5-2-3-6(13-5)4-10-8(12)7(9)11/h2-3H,4H2,1H3,(H2,9,11)(H,10,12). The molecule has 0 atom stereocenters. The van der Waals surface area contributed by atoms with Crippen molar-refractivity contribution in [3.8, 4) is 0 Å². The lowest BCUT2D eigenvalue weighted by molar-refractivity contribution is -0.137. The first-order valence-corrected chi connectivity index (χ1v) is 3.72. The number of hydrogen-bond acceptors (Lipinski definition) is 3. The van der Waals surface area contributed by atoms with Crippen LogP contribution in [-0.2, 0) is 16.1 Å². The van der Waals surface area contributed by atoms with E-state index in [-0.39, 0.29) is 6.54 Å². The topological polar surface area (TPSA) is 85.3 Å². The molecule has 0 spiro atoms. The molecule has 0 bridgehead atoms. The predicted molar refractivity (Wildman–Crippen MR) is 44.5 cm³/mol. The first-order valence-electron chi connectivity index (χ1n) is 3.72. The molecule has 0 aliphatic carbocycles. The predicted octanol–water partition coefficient (Wildman–Crippen LogP) is -0.310. The van der Waals surface area contributed by atoms with Crippen LogP contribution in [0.15, 0.2) is 16.5 Å². The molecule has 1 aromatic heterocycles. The molecule has 5 heteroatoms. The summed E-state index contributed by atoms with van der Waals surface area (Å²) in [4.78, 5) is 21.0. The zero-order valence-electron chi connectivity index (χ0n) is 7.16. The van der Waals surface area contributed by atoms with E-state index in [4.69, 9.17) is 10.2 Å². The average molecular weight is 182 g/mol. The number of furan rings is 1. The van der Waals surface area contributed by atoms with Crippen LogP contribution in [0.4, 0.5) is 0 Å². The maximum Gasteiger partial charge on any atom is 0.309 e. The van der Waals surface area contributed by atoms with Gasteiger partial charge >= 0.3 is 11.8 Å². The molecule has 1 heterocycles. The highest BCUT2D eigenvalue weighted by Gasteiger charge is 2.08. The minimum atomic E-state index is -0.997. The van der Waals surface area contributed by atoms with Crippen LogP contribution in [0, 0.1) is 6.92 Å². The van der Waals surface area contributed by atoms with E-state index in [9.17, 15) is 9.59 Å². The first-order chi connectivity index (χ1) is 6.09. The number of carbonyl (C=O) groups excluding carboxylic acids is 2. The maximum atomic E-state index is 10.7. The molecular formula is C8H10N2O3. The zero-order valence-corrected chi connectivity index (χ0v) is 7.16. The van der Waals surface area contributed by atoms with E-state index in [0.717, 1.165) is 5.76 Å². The first kappa shape index (κ1) is 9.31. The van der Waals surface area contributed by atoms with Gasteiger partial charge < -0.3 is 15.5 Å². The fourth-order valence-electron chi connectivity index (χ4n) is 0.835. The molecular weight excluding hydrogens is 172 g/mol. The summed E-state index contributed by atoms with van der Waals surface area (Å²) in [5.74, 6) is -0.465. The summed E-state index contributed by atoms with van der Waals surface area (Å²) in [6.45, 7) is 1.97. The third-order valence-electron chi connectivity index (χ3n) is 1.44. The van der Waals surface area contributed by atoms with E-state index >= 15 is 0 Å². The quantitative estimate of drug-likeness (QED) is 0.615. The van der Waals surface area contributed by atoms with Crippen molar-refractivity contribution in [1.82, 2.24) is 5.32 Å². The number of amides is 2. The molecule has 2 amide bonds. The minimum Gasteiger partial charge on any atom is -0.465 e. The minimum absolute atomic E-state index is 0.176. The van der Waals surface area contributed by atoms with Crippen LogP contribution in [0.5, 0.6) is 0 Å². The Hall–Kier alpha value is -1.78. The third kappa shape index (κ3) is 2.62. The van der Waals surface area contributed by atoms with Crippen molar-refractivity contribution < 1.29 is 14.0 Å². The van der Waals surface area contributed by atoms with Crippen LogP contribution >= 0.6 is 0 Å². The Morgan fingerprint density at radius 2 is 2.23 bits per heavy atom. The molecule has 0 fully saturated rings. The number of hydrogen-bond donors (Lipinski definition) is 2. The van der Waals surface area contributed by atoms with Crippen LogP contribution < -0.4 is 11.1 Å².